The fraction of sp³-hybridized carbons (Fsp3) is 1.00. The maximum absolute atomic E-state index is 5.55. The maximum atomic E-state index is 5.55. The lowest BCUT2D eigenvalue weighted by Crippen LogP contribution is -2.36. The Morgan fingerprint density at radius 1 is 1.18 bits per heavy atom. The van der Waals surface area contributed by atoms with Crippen LogP contribution in [0.15, 0.2) is 0 Å². The second-order valence-corrected chi connectivity index (χ2v) is 4.83. The van der Waals surface area contributed by atoms with Gasteiger partial charge < -0.3 is 20.5 Å². The van der Waals surface area contributed by atoms with Gasteiger partial charge in [-0.2, -0.15) is 0 Å². The summed E-state index contributed by atoms with van der Waals surface area (Å²) in [6.07, 6.45) is 3.24. The molecule has 0 aromatic carbocycles. The quantitative estimate of drug-likeness (QED) is 0.511. The topological polar surface area (TPSA) is 56.5 Å². The van der Waals surface area contributed by atoms with Gasteiger partial charge in [0.2, 0.25) is 0 Å². The molecule has 1 atom stereocenters. The average molecular weight is 246 g/mol. The van der Waals surface area contributed by atoms with Gasteiger partial charge in [-0.05, 0) is 31.7 Å². The number of hydrogen-bond donors (Lipinski definition) is 2. The summed E-state index contributed by atoms with van der Waals surface area (Å²) in [7, 11) is 1.73. The molecule has 1 unspecified atom stereocenters. The molecule has 3 N–H and O–H groups in total. The minimum absolute atomic E-state index is 0.400. The second kappa shape index (κ2) is 12.3. The molecule has 4 heteroatoms. The number of nitrogens with one attached hydrogen (secondary N) is 1. The summed E-state index contributed by atoms with van der Waals surface area (Å²) in [5, 5.41) is 3.44. The summed E-state index contributed by atoms with van der Waals surface area (Å²) in [6, 6.07) is 0.400. The summed E-state index contributed by atoms with van der Waals surface area (Å²) in [5.74, 6) is 0.716. The lowest BCUT2D eigenvalue weighted by molar-refractivity contribution is 0.114. The molecule has 0 amide bonds. The molecular weight excluding hydrogens is 216 g/mol. The van der Waals surface area contributed by atoms with E-state index in [0.717, 1.165) is 52.2 Å². The molecule has 0 fully saturated rings. The minimum Gasteiger partial charge on any atom is -0.383 e. The lowest BCUT2D eigenvalue weighted by atomic mass is 10.1. The van der Waals surface area contributed by atoms with E-state index >= 15 is 0 Å². The molecule has 0 bridgehead atoms. The van der Waals surface area contributed by atoms with Crippen LogP contribution in [-0.4, -0.2) is 46.1 Å². The van der Waals surface area contributed by atoms with Crippen LogP contribution in [0.25, 0.3) is 0 Å². The van der Waals surface area contributed by atoms with Crippen molar-refractivity contribution >= 4 is 0 Å². The molecule has 0 heterocycles. The monoisotopic (exact) mass is 246 g/mol. The first kappa shape index (κ1) is 16.8. The van der Waals surface area contributed by atoms with E-state index in [4.69, 9.17) is 15.2 Å². The van der Waals surface area contributed by atoms with Crippen molar-refractivity contribution in [2.24, 2.45) is 11.7 Å². The lowest BCUT2D eigenvalue weighted by Gasteiger charge is -2.17. The molecule has 17 heavy (non-hydrogen) atoms. The van der Waals surface area contributed by atoms with Gasteiger partial charge in [0, 0.05) is 26.3 Å². The van der Waals surface area contributed by atoms with Crippen molar-refractivity contribution in [1.82, 2.24) is 5.32 Å². The average Bonchev–Trinajstić information content (AvgIpc) is 2.29. The van der Waals surface area contributed by atoms with Gasteiger partial charge in [-0.25, -0.2) is 0 Å². The van der Waals surface area contributed by atoms with Crippen LogP contribution in [0.5, 0.6) is 0 Å². The zero-order valence-electron chi connectivity index (χ0n) is 11.7. The molecule has 0 saturated heterocycles. The first-order valence-corrected chi connectivity index (χ1v) is 6.70. The first-order chi connectivity index (χ1) is 8.20. The first-order valence-electron chi connectivity index (χ1n) is 6.70. The van der Waals surface area contributed by atoms with Crippen LogP contribution in [0.1, 0.15) is 33.1 Å². The molecule has 0 aliphatic heterocycles. The SMILES string of the molecule is COCC(CCCN)NCCOCCC(C)C. The minimum atomic E-state index is 0.400. The van der Waals surface area contributed by atoms with Crippen LogP contribution < -0.4 is 11.1 Å². The molecule has 4 nitrogen and oxygen atoms in total. The molecular formula is C13H30N2O2. The Bertz CT molecular complexity index is 154. The molecule has 0 aromatic heterocycles. The fourth-order valence-electron chi connectivity index (χ4n) is 1.57. The van der Waals surface area contributed by atoms with Gasteiger partial charge in [0.1, 0.15) is 0 Å². The highest BCUT2D eigenvalue weighted by Gasteiger charge is 2.06. The maximum Gasteiger partial charge on any atom is 0.0615 e. The number of methoxy groups -OCH3 is 1. The number of rotatable bonds is 12. The van der Waals surface area contributed by atoms with Crippen LogP contribution >= 0.6 is 0 Å². The Hall–Kier alpha value is -0.160. The van der Waals surface area contributed by atoms with Gasteiger partial charge >= 0.3 is 0 Å². The summed E-state index contributed by atoms with van der Waals surface area (Å²) < 4.78 is 10.7. The van der Waals surface area contributed by atoms with E-state index < -0.39 is 0 Å². The fourth-order valence-corrected chi connectivity index (χ4v) is 1.57. The summed E-state index contributed by atoms with van der Waals surface area (Å²) in [6.45, 7) is 8.42. The van der Waals surface area contributed by atoms with Crippen molar-refractivity contribution in [1.29, 1.82) is 0 Å². The summed E-state index contributed by atoms with van der Waals surface area (Å²) in [4.78, 5) is 0. The molecule has 104 valence electrons. The predicted octanol–water partition coefficient (Wildman–Crippen LogP) is 1.39. The third-order valence-corrected chi connectivity index (χ3v) is 2.64. The van der Waals surface area contributed by atoms with Gasteiger partial charge in [0.25, 0.3) is 0 Å². The van der Waals surface area contributed by atoms with E-state index in [9.17, 15) is 0 Å². The second-order valence-electron chi connectivity index (χ2n) is 4.83. The Morgan fingerprint density at radius 3 is 2.53 bits per heavy atom. The Balaban J connectivity index is 3.40. The highest BCUT2D eigenvalue weighted by Crippen LogP contribution is 1.99. The number of nitrogens with two attached hydrogens (primary N) is 1. The van der Waals surface area contributed by atoms with Crippen molar-refractivity contribution in [3.05, 3.63) is 0 Å². The molecule has 0 aliphatic carbocycles. The van der Waals surface area contributed by atoms with E-state index in [1.54, 1.807) is 7.11 Å². The summed E-state index contributed by atoms with van der Waals surface area (Å²) in [5.41, 5.74) is 5.50. The molecule has 0 saturated carbocycles. The highest BCUT2D eigenvalue weighted by molar-refractivity contribution is 4.66. The van der Waals surface area contributed by atoms with Gasteiger partial charge in [0.15, 0.2) is 0 Å². The molecule has 0 spiro atoms. The van der Waals surface area contributed by atoms with Crippen molar-refractivity contribution in [3.63, 3.8) is 0 Å². The van der Waals surface area contributed by atoms with E-state index in [2.05, 4.69) is 19.2 Å². The van der Waals surface area contributed by atoms with Gasteiger partial charge in [-0.1, -0.05) is 13.8 Å². The van der Waals surface area contributed by atoms with Crippen LogP contribution in [0.2, 0.25) is 0 Å². The Morgan fingerprint density at radius 2 is 1.94 bits per heavy atom. The normalized spacial score (nSPS) is 13.2. The Labute approximate surface area is 106 Å². The van der Waals surface area contributed by atoms with E-state index in [1.165, 1.54) is 0 Å². The summed E-state index contributed by atoms with van der Waals surface area (Å²) >= 11 is 0. The van der Waals surface area contributed by atoms with E-state index in [0.29, 0.717) is 12.0 Å². The largest absolute Gasteiger partial charge is 0.383 e. The Kier molecular flexibility index (Phi) is 12.2. The predicted molar refractivity (Wildman–Crippen MR) is 72.2 cm³/mol. The van der Waals surface area contributed by atoms with Crippen LogP contribution in [0.3, 0.4) is 0 Å². The van der Waals surface area contributed by atoms with Gasteiger partial charge in [-0.15, -0.1) is 0 Å². The van der Waals surface area contributed by atoms with Crippen LogP contribution in [0, 0.1) is 5.92 Å². The van der Waals surface area contributed by atoms with Crippen LogP contribution in [0.4, 0.5) is 0 Å². The van der Waals surface area contributed by atoms with Crippen molar-refractivity contribution in [2.75, 3.05) is 40.0 Å². The zero-order valence-corrected chi connectivity index (χ0v) is 11.7. The number of ether oxygens (including phenoxy) is 2. The highest BCUT2D eigenvalue weighted by atomic mass is 16.5. The smallest absolute Gasteiger partial charge is 0.0615 e. The van der Waals surface area contributed by atoms with Crippen molar-refractivity contribution in [2.45, 2.75) is 39.2 Å². The van der Waals surface area contributed by atoms with Crippen molar-refractivity contribution < 1.29 is 9.47 Å². The molecule has 0 aliphatic rings. The molecule has 0 aromatic rings. The third-order valence-electron chi connectivity index (χ3n) is 2.64. The number of hydrogen-bond acceptors (Lipinski definition) is 4. The third kappa shape index (κ3) is 12.1. The van der Waals surface area contributed by atoms with Gasteiger partial charge in [0.05, 0.1) is 13.2 Å². The standard InChI is InChI=1S/C13H30N2O2/c1-12(2)6-9-17-10-8-15-13(11-16-3)5-4-7-14/h12-13,15H,4-11,14H2,1-3H3. The van der Waals surface area contributed by atoms with Crippen LogP contribution in [-0.2, 0) is 9.47 Å². The van der Waals surface area contributed by atoms with E-state index in [-0.39, 0.29) is 0 Å². The van der Waals surface area contributed by atoms with Crippen molar-refractivity contribution in [3.8, 4) is 0 Å². The molecule has 0 rings (SSSR count). The molecule has 0 radical (unpaired) electrons. The van der Waals surface area contributed by atoms with E-state index in [1.807, 2.05) is 0 Å². The van der Waals surface area contributed by atoms with Gasteiger partial charge in [-0.3, -0.25) is 0 Å². The zero-order chi connectivity index (χ0) is 12.9.